The van der Waals surface area contributed by atoms with E-state index in [1.807, 2.05) is 0 Å². The number of aromatic nitrogens is 2. The molecule has 15 heavy (non-hydrogen) atoms. The lowest BCUT2D eigenvalue weighted by atomic mass is 9.98. The Bertz CT molecular complexity index is 303. The molecular weight excluding hydrogens is 200 g/mol. The summed E-state index contributed by atoms with van der Waals surface area (Å²) in [6, 6.07) is -0.356. The van der Waals surface area contributed by atoms with Crippen molar-refractivity contribution in [3.8, 4) is 0 Å². The van der Waals surface area contributed by atoms with Crippen molar-refractivity contribution in [2.24, 2.45) is 0 Å². The molecule has 1 aromatic heterocycles. The Morgan fingerprint density at radius 2 is 2.20 bits per heavy atom. The van der Waals surface area contributed by atoms with Gasteiger partial charge >= 0.3 is 0 Å². The molecule has 1 aliphatic heterocycles. The lowest BCUT2D eigenvalue weighted by molar-refractivity contribution is -0.169. The highest BCUT2D eigenvalue weighted by atomic mass is 16.5. The van der Waals surface area contributed by atoms with Gasteiger partial charge in [-0.05, 0) is 0 Å². The van der Waals surface area contributed by atoms with Crippen LogP contribution in [0.1, 0.15) is 6.04 Å². The molecule has 2 heterocycles. The van der Waals surface area contributed by atoms with Crippen molar-refractivity contribution in [2.75, 3.05) is 13.2 Å². The molecule has 0 unspecified atom stereocenters. The number of ether oxygens (including phenoxy) is 1. The Morgan fingerprint density at radius 1 is 1.40 bits per heavy atom. The molecule has 2 rings (SSSR count). The third-order valence-corrected chi connectivity index (χ3v) is 2.69. The second-order valence-corrected chi connectivity index (χ2v) is 3.61. The molecule has 0 spiro atoms. The number of nitrogens with zero attached hydrogens (tertiary/aromatic N) is 2. The molecule has 1 saturated heterocycles. The van der Waals surface area contributed by atoms with Crippen molar-refractivity contribution in [1.29, 1.82) is 0 Å². The van der Waals surface area contributed by atoms with Crippen LogP contribution in [0, 0.1) is 0 Å². The number of rotatable bonds is 2. The molecule has 0 radical (unpaired) electrons. The summed E-state index contributed by atoms with van der Waals surface area (Å²) in [5.41, 5.74) is 0. The summed E-state index contributed by atoms with van der Waals surface area (Å²) in [6.45, 7) is -0.0469. The van der Waals surface area contributed by atoms with Crippen molar-refractivity contribution >= 4 is 0 Å². The van der Waals surface area contributed by atoms with Gasteiger partial charge in [-0.2, -0.15) is 0 Å². The molecule has 0 bridgehead atoms. The van der Waals surface area contributed by atoms with Crippen LogP contribution >= 0.6 is 0 Å². The van der Waals surface area contributed by atoms with Gasteiger partial charge in [0.05, 0.1) is 25.6 Å². The summed E-state index contributed by atoms with van der Waals surface area (Å²) < 4.78 is 6.92. The fourth-order valence-electron chi connectivity index (χ4n) is 1.76. The quantitative estimate of drug-likeness (QED) is 0.560. The van der Waals surface area contributed by atoms with Crippen molar-refractivity contribution in [3.05, 3.63) is 18.7 Å². The SMILES string of the molecule is OC[C@H]1OC[C@@H](n2ccnc2)[C@@H](O)[C@H]1O. The average Bonchev–Trinajstić information content (AvgIpc) is 2.75. The van der Waals surface area contributed by atoms with Crippen molar-refractivity contribution < 1.29 is 20.1 Å². The first-order chi connectivity index (χ1) is 7.24. The normalized spacial score (nSPS) is 36.7. The van der Waals surface area contributed by atoms with Crippen LogP contribution in [-0.2, 0) is 4.74 Å². The minimum absolute atomic E-state index is 0.250. The van der Waals surface area contributed by atoms with Crippen LogP contribution in [0.3, 0.4) is 0 Å². The molecule has 1 fully saturated rings. The highest BCUT2D eigenvalue weighted by Gasteiger charge is 2.38. The molecular formula is C9H14N2O4. The first-order valence-electron chi connectivity index (χ1n) is 4.80. The first kappa shape index (κ1) is 10.6. The van der Waals surface area contributed by atoms with E-state index in [0.29, 0.717) is 0 Å². The number of imidazole rings is 1. The van der Waals surface area contributed by atoms with Crippen LogP contribution < -0.4 is 0 Å². The monoisotopic (exact) mass is 214 g/mol. The standard InChI is InChI=1S/C9H14N2O4/c12-3-7-9(14)8(13)6(4-15-7)11-2-1-10-5-11/h1-2,5-9,12-14H,3-4H2/t6-,7-,8-,9+/m1/s1. The molecule has 84 valence electrons. The number of aliphatic hydroxyl groups excluding tert-OH is 3. The van der Waals surface area contributed by atoms with Crippen molar-refractivity contribution in [1.82, 2.24) is 9.55 Å². The molecule has 0 amide bonds. The molecule has 0 aliphatic carbocycles. The Hall–Kier alpha value is -0.950. The third-order valence-electron chi connectivity index (χ3n) is 2.69. The predicted molar refractivity (Wildman–Crippen MR) is 50.1 cm³/mol. The Balaban J connectivity index is 2.11. The summed E-state index contributed by atoms with van der Waals surface area (Å²) in [5.74, 6) is 0. The molecule has 6 nitrogen and oxygen atoms in total. The maximum Gasteiger partial charge on any atom is 0.110 e. The van der Waals surface area contributed by atoms with E-state index in [0.717, 1.165) is 0 Å². The minimum atomic E-state index is -1.07. The van der Waals surface area contributed by atoms with Gasteiger partial charge in [0.2, 0.25) is 0 Å². The Kier molecular flexibility index (Phi) is 3.01. The maximum atomic E-state index is 9.82. The lowest BCUT2D eigenvalue weighted by Crippen LogP contribution is -2.51. The summed E-state index contributed by atoms with van der Waals surface area (Å²) >= 11 is 0. The zero-order valence-corrected chi connectivity index (χ0v) is 8.10. The van der Waals surface area contributed by atoms with E-state index in [1.165, 1.54) is 0 Å². The molecule has 0 saturated carbocycles. The molecule has 1 aliphatic rings. The number of aliphatic hydroxyl groups is 3. The minimum Gasteiger partial charge on any atom is -0.394 e. The van der Waals surface area contributed by atoms with Crippen LogP contribution in [0.5, 0.6) is 0 Å². The zero-order chi connectivity index (χ0) is 10.8. The molecule has 6 heteroatoms. The topological polar surface area (TPSA) is 87.7 Å². The van der Waals surface area contributed by atoms with Crippen LogP contribution in [0.15, 0.2) is 18.7 Å². The third kappa shape index (κ3) is 1.89. The van der Waals surface area contributed by atoms with E-state index in [9.17, 15) is 10.2 Å². The second kappa shape index (κ2) is 4.28. The lowest BCUT2D eigenvalue weighted by Gasteiger charge is -2.37. The largest absolute Gasteiger partial charge is 0.394 e. The average molecular weight is 214 g/mol. The van der Waals surface area contributed by atoms with Crippen LogP contribution in [0.4, 0.5) is 0 Å². The fourth-order valence-corrected chi connectivity index (χ4v) is 1.76. The van der Waals surface area contributed by atoms with Gasteiger partial charge in [0, 0.05) is 12.4 Å². The number of hydrogen-bond acceptors (Lipinski definition) is 5. The highest BCUT2D eigenvalue weighted by Crippen LogP contribution is 2.24. The van der Waals surface area contributed by atoms with E-state index >= 15 is 0 Å². The zero-order valence-electron chi connectivity index (χ0n) is 8.10. The van der Waals surface area contributed by atoms with Crippen LogP contribution in [0.2, 0.25) is 0 Å². The summed E-state index contributed by atoms with van der Waals surface area (Å²) in [4.78, 5) is 3.86. The second-order valence-electron chi connectivity index (χ2n) is 3.61. The maximum absolute atomic E-state index is 9.82. The molecule has 1 aromatic rings. The van der Waals surface area contributed by atoms with Crippen LogP contribution in [0.25, 0.3) is 0 Å². The Labute approximate surface area is 86.8 Å². The van der Waals surface area contributed by atoms with Gasteiger partial charge in [-0.15, -0.1) is 0 Å². The van der Waals surface area contributed by atoms with Gasteiger partial charge in [0.1, 0.15) is 18.3 Å². The first-order valence-corrected chi connectivity index (χ1v) is 4.80. The van der Waals surface area contributed by atoms with Gasteiger partial charge in [-0.3, -0.25) is 0 Å². The van der Waals surface area contributed by atoms with E-state index in [-0.39, 0.29) is 19.3 Å². The predicted octanol–water partition coefficient (Wildman–Crippen LogP) is -1.46. The molecule has 3 N–H and O–H groups in total. The van der Waals surface area contributed by atoms with Gasteiger partial charge < -0.3 is 24.6 Å². The van der Waals surface area contributed by atoms with E-state index in [2.05, 4.69) is 4.98 Å². The summed E-state index contributed by atoms with van der Waals surface area (Å²) in [6.07, 6.45) is 2.12. The number of hydrogen-bond donors (Lipinski definition) is 3. The van der Waals surface area contributed by atoms with E-state index < -0.39 is 18.3 Å². The van der Waals surface area contributed by atoms with Gasteiger partial charge in [-0.1, -0.05) is 0 Å². The van der Waals surface area contributed by atoms with Crippen molar-refractivity contribution in [2.45, 2.75) is 24.4 Å². The van der Waals surface area contributed by atoms with Gasteiger partial charge in [-0.25, -0.2) is 4.98 Å². The van der Waals surface area contributed by atoms with Gasteiger partial charge in [0.15, 0.2) is 0 Å². The van der Waals surface area contributed by atoms with Crippen LogP contribution in [-0.4, -0.2) is 56.4 Å². The molecule has 0 aromatic carbocycles. The van der Waals surface area contributed by atoms with Gasteiger partial charge in [0.25, 0.3) is 0 Å². The van der Waals surface area contributed by atoms with E-state index in [4.69, 9.17) is 9.84 Å². The fraction of sp³-hybridized carbons (Fsp3) is 0.667. The van der Waals surface area contributed by atoms with Crippen molar-refractivity contribution in [3.63, 3.8) is 0 Å². The molecule has 4 atom stereocenters. The smallest absolute Gasteiger partial charge is 0.110 e. The summed E-state index contributed by atoms with van der Waals surface area (Å²) in [5, 5.41) is 28.3. The Morgan fingerprint density at radius 3 is 2.80 bits per heavy atom. The highest BCUT2D eigenvalue weighted by molar-refractivity contribution is 4.92. The van der Waals surface area contributed by atoms with E-state index in [1.54, 1.807) is 23.3 Å². The summed E-state index contributed by atoms with van der Waals surface area (Å²) in [7, 11) is 0.